The molecule has 1 amide bonds. The summed E-state index contributed by atoms with van der Waals surface area (Å²) < 4.78 is 13.4. The van der Waals surface area contributed by atoms with Crippen LogP contribution in [0.1, 0.15) is 30.1 Å². The van der Waals surface area contributed by atoms with Crippen LogP contribution >= 0.6 is 0 Å². The number of nitrogens with one attached hydrogen (secondary N) is 1. The molecule has 2 aromatic heterocycles. The number of nitrogens with two attached hydrogens (primary N) is 1. The first-order valence-corrected chi connectivity index (χ1v) is 10.3. The van der Waals surface area contributed by atoms with Crippen LogP contribution in [0.4, 0.5) is 10.3 Å². The molecule has 1 aliphatic heterocycles. The van der Waals surface area contributed by atoms with E-state index in [1.807, 2.05) is 35.4 Å². The number of aromatic nitrogens is 3. The number of benzene rings is 2. The lowest BCUT2D eigenvalue weighted by Gasteiger charge is -2.26. The van der Waals surface area contributed by atoms with Crippen molar-refractivity contribution in [2.24, 2.45) is 0 Å². The third kappa shape index (κ3) is 3.63. The van der Waals surface area contributed by atoms with Crippen molar-refractivity contribution >= 4 is 22.8 Å². The Hall–Kier alpha value is -3.74. The van der Waals surface area contributed by atoms with E-state index in [0.29, 0.717) is 18.7 Å². The second-order valence-electron chi connectivity index (χ2n) is 7.82. The summed E-state index contributed by atoms with van der Waals surface area (Å²) >= 11 is 0. The Morgan fingerprint density at radius 1 is 1.19 bits per heavy atom. The standard InChI is InChI=1S/C24H22FN5O/c25-17-9-7-15(8-10-17)19-14-28-24(26)29-23(19)21-6-3-11-30(21)22(31)12-16-13-27-20-5-2-1-4-18(16)20/h1-2,4-5,7-10,13-14,21,27H,3,6,11-12H2,(H2,26,28,29). The van der Waals surface area contributed by atoms with Gasteiger partial charge in [0.15, 0.2) is 0 Å². The molecule has 0 radical (unpaired) electrons. The molecule has 7 heteroatoms. The maximum Gasteiger partial charge on any atom is 0.227 e. The molecular weight excluding hydrogens is 393 g/mol. The molecule has 0 aliphatic carbocycles. The number of carbonyl (C=O) groups is 1. The van der Waals surface area contributed by atoms with E-state index in [0.717, 1.165) is 40.4 Å². The molecule has 1 saturated heterocycles. The van der Waals surface area contributed by atoms with E-state index in [1.54, 1.807) is 18.3 Å². The molecular formula is C24H22FN5O. The first-order valence-electron chi connectivity index (χ1n) is 10.3. The van der Waals surface area contributed by atoms with Crippen LogP contribution < -0.4 is 5.73 Å². The lowest BCUT2D eigenvalue weighted by molar-refractivity contribution is -0.131. The van der Waals surface area contributed by atoms with Gasteiger partial charge in [-0.05, 0) is 42.2 Å². The van der Waals surface area contributed by atoms with Crippen molar-refractivity contribution in [3.05, 3.63) is 78.0 Å². The molecule has 156 valence electrons. The van der Waals surface area contributed by atoms with Crippen molar-refractivity contribution in [3.8, 4) is 11.1 Å². The molecule has 6 nitrogen and oxygen atoms in total. The van der Waals surface area contributed by atoms with Crippen molar-refractivity contribution in [1.82, 2.24) is 19.9 Å². The molecule has 4 aromatic rings. The van der Waals surface area contributed by atoms with Gasteiger partial charge in [0, 0.05) is 35.4 Å². The van der Waals surface area contributed by atoms with E-state index in [9.17, 15) is 9.18 Å². The van der Waals surface area contributed by atoms with Gasteiger partial charge < -0.3 is 15.6 Å². The van der Waals surface area contributed by atoms with Crippen LogP contribution in [0.3, 0.4) is 0 Å². The van der Waals surface area contributed by atoms with Gasteiger partial charge in [-0.25, -0.2) is 14.4 Å². The van der Waals surface area contributed by atoms with Crippen LogP contribution in [0.2, 0.25) is 0 Å². The van der Waals surface area contributed by atoms with Crippen molar-refractivity contribution in [1.29, 1.82) is 0 Å². The first-order chi connectivity index (χ1) is 15.1. The van der Waals surface area contributed by atoms with E-state index in [2.05, 4.69) is 15.0 Å². The lowest BCUT2D eigenvalue weighted by Crippen LogP contribution is -2.32. The third-order valence-electron chi connectivity index (χ3n) is 5.90. The van der Waals surface area contributed by atoms with Gasteiger partial charge in [-0.3, -0.25) is 4.79 Å². The number of para-hydroxylation sites is 1. The van der Waals surface area contributed by atoms with Gasteiger partial charge in [0.25, 0.3) is 0 Å². The fourth-order valence-electron chi connectivity index (χ4n) is 4.41. The largest absolute Gasteiger partial charge is 0.368 e. The molecule has 3 N–H and O–H groups in total. The van der Waals surface area contributed by atoms with Crippen molar-refractivity contribution in [3.63, 3.8) is 0 Å². The second kappa shape index (κ2) is 7.83. The molecule has 1 aliphatic rings. The summed E-state index contributed by atoms with van der Waals surface area (Å²) in [4.78, 5) is 27.1. The van der Waals surface area contributed by atoms with Crippen LogP contribution in [0, 0.1) is 5.82 Å². The van der Waals surface area contributed by atoms with E-state index in [1.165, 1.54) is 12.1 Å². The molecule has 1 unspecified atom stereocenters. The Labute approximate surface area is 178 Å². The quantitative estimate of drug-likeness (QED) is 0.522. The molecule has 3 heterocycles. The fraction of sp³-hybridized carbons (Fsp3) is 0.208. The number of H-pyrrole nitrogens is 1. The monoisotopic (exact) mass is 415 g/mol. The smallest absolute Gasteiger partial charge is 0.227 e. The van der Waals surface area contributed by atoms with Crippen molar-refractivity contribution in [2.45, 2.75) is 25.3 Å². The number of aromatic amines is 1. The molecule has 31 heavy (non-hydrogen) atoms. The van der Waals surface area contributed by atoms with Crippen LogP contribution in [-0.2, 0) is 11.2 Å². The number of amides is 1. The van der Waals surface area contributed by atoms with Gasteiger partial charge in [0.1, 0.15) is 5.82 Å². The highest BCUT2D eigenvalue weighted by Crippen LogP contribution is 2.37. The number of likely N-dealkylation sites (tertiary alicyclic amines) is 1. The summed E-state index contributed by atoms with van der Waals surface area (Å²) in [5.74, 6) is -0.0932. The highest BCUT2D eigenvalue weighted by atomic mass is 19.1. The maximum atomic E-state index is 13.4. The van der Waals surface area contributed by atoms with Gasteiger partial charge in [0.2, 0.25) is 11.9 Å². The number of nitrogens with zero attached hydrogens (tertiary/aromatic N) is 3. The van der Waals surface area contributed by atoms with Crippen molar-refractivity contribution < 1.29 is 9.18 Å². The number of halogens is 1. The summed E-state index contributed by atoms with van der Waals surface area (Å²) in [7, 11) is 0. The molecule has 5 rings (SSSR count). The topological polar surface area (TPSA) is 87.9 Å². The Kier molecular flexibility index (Phi) is 4.86. The van der Waals surface area contributed by atoms with E-state index in [4.69, 9.17) is 5.73 Å². The Morgan fingerprint density at radius 2 is 2.00 bits per heavy atom. The average Bonchev–Trinajstić information content (AvgIpc) is 3.42. The number of fused-ring (bicyclic) bond motifs is 1. The Morgan fingerprint density at radius 3 is 2.84 bits per heavy atom. The molecule has 1 atom stereocenters. The van der Waals surface area contributed by atoms with Crippen LogP contribution in [0.25, 0.3) is 22.0 Å². The summed E-state index contributed by atoms with van der Waals surface area (Å²) in [6.45, 7) is 0.665. The first kappa shape index (κ1) is 19.2. The molecule has 1 fully saturated rings. The normalized spacial score (nSPS) is 16.2. The fourth-order valence-corrected chi connectivity index (χ4v) is 4.41. The summed E-state index contributed by atoms with van der Waals surface area (Å²) in [6.07, 6.45) is 5.56. The predicted octanol–water partition coefficient (Wildman–Crippen LogP) is 4.25. The molecule has 0 bridgehead atoms. The molecule has 0 spiro atoms. The van der Waals surface area contributed by atoms with Crippen LogP contribution in [0.15, 0.2) is 60.9 Å². The van der Waals surface area contributed by atoms with Gasteiger partial charge in [-0.15, -0.1) is 0 Å². The summed E-state index contributed by atoms with van der Waals surface area (Å²) in [5.41, 5.74) is 10.2. The number of anilines is 1. The maximum absolute atomic E-state index is 13.4. The summed E-state index contributed by atoms with van der Waals surface area (Å²) in [6, 6.07) is 14.0. The third-order valence-corrected chi connectivity index (χ3v) is 5.90. The highest BCUT2D eigenvalue weighted by molar-refractivity contribution is 5.89. The number of carbonyl (C=O) groups excluding carboxylic acids is 1. The van der Waals surface area contributed by atoms with Gasteiger partial charge in [0.05, 0.1) is 18.2 Å². The second-order valence-corrected chi connectivity index (χ2v) is 7.82. The molecule has 2 aromatic carbocycles. The summed E-state index contributed by atoms with van der Waals surface area (Å²) in [5, 5.41) is 1.06. The van der Waals surface area contributed by atoms with E-state index < -0.39 is 0 Å². The number of rotatable bonds is 4. The SMILES string of the molecule is Nc1ncc(-c2ccc(F)cc2)c(C2CCCN2C(=O)Cc2c[nH]c3ccccc23)n1. The highest BCUT2D eigenvalue weighted by Gasteiger charge is 2.33. The number of hydrogen-bond acceptors (Lipinski definition) is 4. The van der Waals surface area contributed by atoms with Crippen LogP contribution in [0.5, 0.6) is 0 Å². The number of hydrogen-bond donors (Lipinski definition) is 2. The van der Waals surface area contributed by atoms with Gasteiger partial charge >= 0.3 is 0 Å². The van der Waals surface area contributed by atoms with Gasteiger partial charge in [-0.1, -0.05) is 30.3 Å². The number of nitrogen functional groups attached to an aromatic ring is 1. The zero-order valence-corrected chi connectivity index (χ0v) is 16.9. The lowest BCUT2D eigenvalue weighted by atomic mass is 9.99. The van der Waals surface area contributed by atoms with E-state index in [-0.39, 0.29) is 23.7 Å². The average molecular weight is 415 g/mol. The predicted molar refractivity (Wildman–Crippen MR) is 118 cm³/mol. The Bertz CT molecular complexity index is 1250. The Balaban J connectivity index is 1.47. The minimum atomic E-state index is -0.307. The molecule has 0 saturated carbocycles. The zero-order chi connectivity index (χ0) is 21.4. The van der Waals surface area contributed by atoms with E-state index >= 15 is 0 Å². The minimum Gasteiger partial charge on any atom is -0.368 e. The van der Waals surface area contributed by atoms with Crippen molar-refractivity contribution in [2.75, 3.05) is 12.3 Å². The van der Waals surface area contributed by atoms with Crippen LogP contribution in [-0.4, -0.2) is 32.3 Å². The zero-order valence-electron chi connectivity index (χ0n) is 16.9. The van der Waals surface area contributed by atoms with Gasteiger partial charge in [-0.2, -0.15) is 0 Å². The minimum absolute atomic E-state index is 0.0505.